The van der Waals surface area contributed by atoms with Gasteiger partial charge in [-0.3, -0.25) is 0 Å². The van der Waals surface area contributed by atoms with Gasteiger partial charge in [-0.1, -0.05) is 6.07 Å². The van der Waals surface area contributed by atoms with E-state index in [1.165, 1.54) is 12.8 Å². The standard InChI is InChI=1S/C16H23N3O/c1-18-7-5-13(6-8-18)11-19(2)16-4-3-14(12-20)9-15(16)10-17/h3-4,9,13,20H,5-8,11-12H2,1-2H3. The summed E-state index contributed by atoms with van der Waals surface area (Å²) in [5.74, 6) is 0.695. The second-order valence-electron chi connectivity index (χ2n) is 5.75. The van der Waals surface area contributed by atoms with E-state index in [1.54, 1.807) is 6.07 Å². The van der Waals surface area contributed by atoms with Crippen LogP contribution in [-0.4, -0.2) is 43.7 Å². The third kappa shape index (κ3) is 3.50. The van der Waals surface area contributed by atoms with Crippen LogP contribution in [0.1, 0.15) is 24.0 Å². The minimum atomic E-state index is -0.0202. The lowest BCUT2D eigenvalue weighted by atomic mass is 9.96. The van der Waals surface area contributed by atoms with Crippen LogP contribution in [0.2, 0.25) is 0 Å². The lowest BCUT2D eigenvalue weighted by molar-refractivity contribution is 0.222. The summed E-state index contributed by atoms with van der Waals surface area (Å²) < 4.78 is 0. The molecular weight excluding hydrogens is 250 g/mol. The Morgan fingerprint density at radius 2 is 2.10 bits per heavy atom. The van der Waals surface area contributed by atoms with E-state index in [2.05, 4.69) is 22.9 Å². The predicted molar refractivity (Wildman–Crippen MR) is 80.6 cm³/mol. The number of likely N-dealkylation sites (tertiary alicyclic amines) is 1. The molecular formula is C16H23N3O. The van der Waals surface area contributed by atoms with Crippen LogP contribution in [-0.2, 0) is 6.61 Å². The largest absolute Gasteiger partial charge is 0.392 e. The van der Waals surface area contributed by atoms with Crippen molar-refractivity contribution < 1.29 is 5.11 Å². The lowest BCUT2D eigenvalue weighted by Crippen LogP contribution is -2.35. The summed E-state index contributed by atoms with van der Waals surface area (Å²) >= 11 is 0. The molecule has 1 heterocycles. The topological polar surface area (TPSA) is 50.5 Å². The third-order valence-corrected chi connectivity index (χ3v) is 4.15. The quantitative estimate of drug-likeness (QED) is 0.909. The first-order chi connectivity index (χ1) is 9.63. The summed E-state index contributed by atoms with van der Waals surface area (Å²) in [7, 11) is 4.22. The molecule has 1 aliphatic rings. The van der Waals surface area contributed by atoms with Crippen molar-refractivity contribution in [3.05, 3.63) is 29.3 Å². The molecule has 0 atom stereocenters. The van der Waals surface area contributed by atoms with Crippen molar-refractivity contribution in [2.45, 2.75) is 19.4 Å². The molecule has 1 N–H and O–H groups in total. The number of hydrogen-bond donors (Lipinski definition) is 1. The minimum Gasteiger partial charge on any atom is -0.392 e. The highest BCUT2D eigenvalue weighted by atomic mass is 16.3. The van der Waals surface area contributed by atoms with Crippen molar-refractivity contribution in [3.63, 3.8) is 0 Å². The molecule has 0 spiro atoms. The van der Waals surface area contributed by atoms with Gasteiger partial charge in [-0.05, 0) is 56.6 Å². The van der Waals surface area contributed by atoms with E-state index >= 15 is 0 Å². The van der Waals surface area contributed by atoms with Crippen molar-refractivity contribution in [3.8, 4) is 6.07 Å². The predicted octanol–water partition coefficient (Wildman–Crippen LogP) is 1.83. The molecule has 4 nitrogen and oxygen atoms in total. The van der Waals surface area contributed by atoms with Crippen LogP contribution in [0.5, 0.6) is 0 Å². The Bertz CT molecular complexity index is 487. The van der Waals surface area contributed by atoms with E-state index in [9.17, 15) is 5.26 Å². The van der Waals surface area contributed by atoms with Crippen LogP contribution < -0.4 is 4.90 Å². The summed E-state index contributed by atoms with van der Waals surface area (Å²) in [6.07, 6.45) is 2.44. The number of anilines is 1. The first kappa shape index (κ1) is 14.8. The molecule has 1 fully saturated rings. The zero-order valence-electron chi connectivity index (χ0n) is 12.3. The molecule has 1 aliphatic heterocycles. The molecule has 20 heavy (non-hydrogen) atoms. The van der Waals surface area contributed by atoms with Crippen LogP contribution in [0.15, 0.2) is 18.2 Å². The van der Waals surface area contributed by atoms with Crippen LogP contribution in [0.4, 0.5) is 5.69 Å². The molecule has 0 unspecified atom stereocenters. The van der Waals surface area contributed by atoms with Gasteiger partial charge in [-0.25, -0.2) is 0 Å². The Morgan fingerprint density at radius 1 is 1.40 bits per heavy atom. The van der Waals surface area contributed by atoms with Gasteiger partial charge in [0.15, 0.2) is 0 Å². The molecule has 0 aromatic heterocycles. The van der Waals surface area contributed by atoms with Crippen molar-refractivity contribution >= 4 is 5.69 Å². The molecule has 0 aliphatic carbocycles. The van der Waals surface area contributed by atoms with Crippen LogP contribution in [0.25, 0.3) is 0 Å². The number of nitriles is 1. The number of piperidine rings is 1. The normalized spacial score (nSPS) is 16.9. The summed E-state index contributed by atoms with van der Waals surface area (Å²) in [6, 6.07) is 7.85. The number of rotatable bonds is 4. The first-order valence-corrected chi connectivity index (χ1v) is 7.17. The molecule has 0 radical (unpaired) electrons. The fraction of sp³-hybridized carbons (Fsp3) is 0.562. The van der Waals surface area contributed by atoms with Crippen molar-refractivity contribution in [2.75, 3.05) is 38.6 Å². The average Bonchev–Trinajstić information content (AvgIpc) is 2.48. The molecule has 108 valence electrons. The van der Waals surface area contributed by atoms with Crippen LogP contribution >= 0.6 is 0 Å². The zero-order chi connectivity index (χ0) is 14.5. The second-order valence-corrected chi connectivity index (χ2v) is 5.75. The maximum atomic E-state index is 9.26. The van der Waals surface area contributed by atoms with Crippen LogP contribution in [0, 0.1) is 17.2 Å². The molecule has 1 aromatic rings. The second kappa shape index (κ2) is 6.74. The minimum absolute atomic E-state index is 0.0202. The van der Waals surface area contributed by atoms with Crippen molar-refractivity contribution in [1.82, 2.24) is 4.90 Å². The summed E-state index contributed by atoms with van der Waals surface area (Å²) in [5, 5.41) is 18.4. The number of aliphatic hydroxyl groups is 1. The van der Waals surface area contributed by atoms with Crippen molar-refractivity contribution in [1.29, 1.82) is 5.26 Å². The highest BCUT2D eigenvalue weighted by Crippen LogP contribution is 2.24. The fourth-order valence-corrected chi connectivity index (χ4v) is 2.83. The highest BCUT2D eigenvalue weighted by molar-refractivity contribution is 5.60. The Kier molecular flexibility index (Phi) is 4.99. The number of benzene rings is 1. The van der Waals surface area contributed by atoms with Crippen molar-refractivity contribution in [2.24, 2.45) is 5.92 Å². The molecule has 4 heteroatoms. The summed E-state index contributed by atoms with van der Waals surface area (Å²) in [5.41, 5.74) is 2.40. The molecule has 2 rings (SSSR count). The van der Waals surface area contributed by atoms with E-state index < -0.39 is 0 Å². The Morgan fingerprint density at radius 3 is 2.70 bits per heavy atom. The van der Waals surface area contributed by atoms with Gasteiger partial charge >= 0.3 is 0 Å². The summed E-state index contributed by atoms with van der Waals surface area (Å²) in [4.78, 5) is 4.54. The van der Waals surface area contributed by atoms with E-state index in [4.69, 9.17) is 5.11 Å². The average molecular weight is 273 g/mol. The maximum absolute atomic E-state index is 9.26. The molecule has 1 saturated heterocycles. The number of nitrogens with zero attached hydrogens (tertiary/aromatic N) is 3. The van der Waals surface area contributed by atoms with E-state index in [0.29, 0.717) is 11.5 Å². The van der Waals surface area contributed by atoms with Gasteiger partial charge in [0.2, 0.25) is 0 Å². The number of hydrogen-bond acceptors (Lipinski definition) is 4. The van der Waals surface area contributed by atoms with Gasteiger partial charge in [0, 0.05) is 13.6 Å². The maximum Gasteiger partial charge on any atom is 0.101 e. The highest BCUT2D eigenvalue weighted by Gasteiger charge is 2.19. The Hall–Kier alpha value is -1.57. The van der Waals surface area contributed by atoms with Gasteiger partial charge < -0.3 is 14.9 Å². The fourth-order valence-electron chi connectivity index (χ4n) is 2.83. The first-order valence-electron chi connectivity index (χ1n) is 7.17. The lowest BCUT2D eigenvalue weighted by Gasteiger charge is -2.32. The Balaban J connectivity index is 2.05. The Labute approximate surface area is 121 Å². The third-order valence-electron chi connectivity index (χ3n) is 4.15. The van der Waals surface area contributed by atoms with E-state index in [-0.39, 0.29) is 6.61 Å². The van der Waals surface area contributed by atoms with E-state index in [0.717, 1.165) is 30.9 Å². The van der Waals surface area contributed by atoms with Gasteiger partial charge in [0.05, 0.1) is 17.9 Å². The monoisotopic (exact) mass is 273 g/mol. The molecule has 0 saturated carbocycles. The van der Waals surface area contributed by atoms with Gasteiger partial charge in [0.25, 0.3) is 0 Å². The summed E-state index contributed by atoms with van der Waals surface area (Å²) in [6.45, 7) is 3.29. The van der Waals surface area contributed by atoms with Crippen LogP contribution in [0.3, 0.4) is 0 Å². The number of aliphatic hydroxyl groups excluding tert-OH is 1. The molecule has 0 amide bonds. The zero-order valence-corrected chi connectivity index (χ0v) is 12.3. The van der Waals surface area contributed by atoms with Gasteiger partial charge in [-0.15, -0.1) is 0 Å². The molecule has 0 bridgehead atoms. The van der Waals surface area contributed by atoms with Gasteiger partial charge in [0.1, 0.15) is 6.07 Å². The molecule has 1 aromatic carbocycles. The SMILES string of the molecule is CN1CCC(CN(C)c2ccc(CO)cc2C#N)CC1. The van der Waals surface area contributed by atoms with E-state index in [1.807, 2.05) is 19.2 Å². The smallest absolute Gasteiger partial charge is 0.101 e. The van der Waals surface area contributed by atoms with Gasteiger partial charge in [-0.2, -0.15) is 5.26 Å².